The first-order chi connectivity index (χ1) is 16.6. The van der Waals surface area contributed by atoms with Gasteiger partial charge in [-0.15, -0.1) is 0 Å². The molecule has 3 N–H and O–H groups in total. The van der Waals surface area contributed by atoms with E-state index in [-0.39, 0.29) is 18.4 Å². The van der Waals surface area contributed by atoms with Gasteiger partial charge in [-0.1, -0.05) is 67.5 Å². The lowest BCUT2D eigenvalue weighted by atomic mass is 9.73. The molecule has 1 unspecified atom stereocenters. The van der Waals surface area contributed by atoms with E-state index >= 15 is 0 Å². The normalized spacial score (nSPS) is 15.5. The minimum atomic E-state index is -1.51. The van der Waals surface area contributed by atoms with E-state index in [1.54, 1.807) is 14.2 Å². The summed E-state index contributed by atoms with van der Waals surface area (Å²) >= 11 is 0. The van der Waals surface area contributed by atoms with Crippen LogP contribution in [0.25, 0.3) is 0 Å². The third-order valence-corrected chi connectivity index (χ3v) is 6.47. The molecule has 1 atom stereocenters. The number of rotatable bonds is 10. The van der Waals surface area contributed by atoms with Crippen molar-refractivity contribution in [1.82, 2.24) is 10.6 Å². The van der Waals surface area contributed by atoms with Crippen molar-refractivity contribution in [3.63, 3.8) is 0 Å². The van der Waals surface area contributed by atoms with Gasteiger partial charge in [-0.05, 0) is 42.5 Å². The molecule has 3 rings (SSSR count). The molecule has 0 spiro atoms. The number of ether oxygens (including phenoxy) is 2. The minimum absolute atomic E-state index is 0.0742. The molecular weight excluding hydrogens is 428 g/mol. The van der Waals surface area contributed by atoms with Gasteiger partial charge in [0, 0.05) is 12.5 Å². The van der Waals surface area contributed by atoms with Crippen LogP contribution in [0.5, 0.6) is 11.5 Å². The molecule has 2 aromatic carbocycles. The molecule has 2 aromatic rings. The quantitative estimate of drug-likeness (QED) is 0.371. The van der Waals surface area contributed by atoms with E-state index in [4.69, 9.17) is 9.47 Å². The number of methoxy groups -OCH3 is 2. The zero-order chi connectivity index (χ0) is 24.2. The lowest BCUT2D eigenvalue weighted by molar-refractivity contribution is -0.149. The second kappa shape index (κ2) is 13.0. The Kier molecular flexibility index (Phi) is 9.81. The van der Waals surface area contributed by atoms with Crippen LogP contribution in [0, 0.1) is 17.8 Å². The van der Waals surface area contributed by atoms with Crippen molar-refractivity contribution in [1.29, 1.82) is 0 Å². The molecule has 0 heterocycles. The Morgan fingerprint density at radius 1 is 1.00 bits per heavy atom. The predicted octanol–water partition coefficient (Wildman–Crippen LogP) is 3.42. The molecule has 182 valence electrons. The van der Waals surface area contributed by atoms with Crippen molar-refractivity contribution >= 4 is 5.91 Å². The molecule has 0 bridgehead atoms. The van der Waals surface area contributed by atoms with Crippen LogP contribution >= 0.6 is 0 Å². The van der Waals surface area contributed by atoms with Gasteiger partial charge in [-0.3, -0.25) is 4.79 Å². The van der Waals surface area contributed by atoms with Gasteiger partial charge in [0.1, 0.15) is 0 Å². The van der Waals surface area contributed by atoms with Crippen molar-refractivity contribution in [2.24, 2.45) is 5.92 Å². The number of carbonyl (C=O) groups excluding carboxylic acids is 1. The van der Waals surface area contributed by atoms with Crippen LogP contribution in [0.2, 0.25) is 0 Å². The van der Waals surface area contributed by atoms with E-state index < -0.39 is 5.60 Å². The van der Waals surface area contributed by atoms with Gasteiger partial charge >= 0.3 is 0 Å². The number of hydrogen-bond donors (Lipinski definition) is 3. The van der Waals surface area contributed by atoms with Crippen LogP contribution in [-0.4, -0.2) is 44.9 Å². The molecular formula is C28H36N2O4. The van der Waals surface area contributed by atoms with Gasteiger partial charge in [-0.2, -0.15) is 0 Å². The van der Waals surface area contributed by atoms with Crippen LogP contribution in [-0.2, 0) is 16.8 Å². The van der Waals surface area contributed by atoms with Crippen molar-refractivity contribution in [2.75, 3.05) is 33.9 Å². The molecule has 1 fully saturated rings. The maximum atomic E-state index is 13.1. The molecule has 6 nitrogen and oxygen atoms in total. The van der Waals surface area contributed by atoms with Crippen LogP contribution in [0.15, 0.2) is 48.5 Å². The number of amides is 1. The molecule has 0 saturated heterocycles. The number of benzene rings is 2. The Bertz CT molecular complexity index is 977. The van der Waals surface area contributed by atoms with Gasteiger partial charge in [0.25, 0.3) is 5.91 Å². The molecule has 1 amide bonds. The third-order valence-electron chi connectivity index (χ3n) is 6.47. The van der Waals surface area contributed by atoms with E-state index in [0.29, 0.717) is 12.1 Å². The molecule has 1 aliphatic rings. The molecule has 1 saturated carbocycles. The predicted molar refractivity (Wildman–Crippen MR) is 134 cm³/mol. The molecule has 0 aliphatic heterocycles. The second-order valence-electron chi connectivity index (χ2n) is 8.62. The topological polar surface area (TPSA) is 79.8 Å². The zero-order valence-corrected chi connectivity index (χ0v) is 20.2. The molecule has 34 heavy (non-hydrogen) atoms. The fourth-order valence-corrected chi connectivity index (χ4v) is 4.57. The van der Waals surface area contributed by atoms with E-state index in [2.05, 4.69) is 22.5 Å². The van der Waals surface area contributed by atoms with Crippen LogP contribution < -0.4 is 20.1 Å². The maximum absolute atomic E-state index is 13.1. The van der Waals surface area contributed by atoms with E-state index in [9.17, 15) is 9.90 Å². The fraction of sp³-hybridized carbons (Fsp3) is 0.464. The SMILES string of the molecule is COc1ccc(CCNCC#CCNC(=O)C(O)(c2ccccc2)C2CCCCC2)cc1OC. The number of nitrogens with one attached hydrogen (secondary N) is 2. The number of hydrogen-bond acceptors (Lipinski definition) is 5. The molecule has 0 aromatic heterocycles. The summed E-state index contributed by atoms with van der Waals surface area (Å²) in [6, 6.07) is 15.2. The van der Waals surface area contributed by atoms with Crippen molar-refractivity contribution < 1.29 is 19.4 Å². The highest BCUT2D eigenvalue weighted by Gasteiger charge is 2.45. The van der Waals surface area contributed by atoms with Gasteiger partial charge in [0.15, 0.2) is 17.1 Å². The number of carbonyl (C=O) groups is 1. The average Bonchev–Trinajstić information content (AvgIpc) is 2.90. The summed E-state index contributed by atoms with van der Waals surface area (Å²) in [6.07, 6.45) is 5.80. The summed E-state index contributed by atoms with van der Waals surface area (Å²) in [7, 11) is 3.25. The first-order valence-electron chi connectivity index (χ1n) is 12.0. The summed E-state index contributed by atoms with van der Waals surface area (Å²) in [4.78, 5) is 13.1. The molecule has 1 aliphatic carbocycles. The van der Waals surface area contributed by atoms with Crippen LogP contribution in [0.4, 0.5) is 0 Å². The highest BCUT2D eigenvalue weighted by molar-refractivity contribution is 5.87. The lowest BCUT2D eigenvalue weighted by Crippen LogP contribution is -2.50. The monoisotopic (exact) mass is 464 g/mol. The van der Waals surface area contributed by atoms with E-state index in [0.717, 1.165) is 62.1 Å². The highest BCUT2D eigenvalue weighted by Crippen LogP contribution is 2.39. The Morgan fingerprint density at radius 3 is 2.41 bits per heavy atom. The first kappa shape index (κ1) is 25.6. The largest absolute Gasteiger partial charge is 0.493 e. The van der Waals surface area contributed by atoms with Gasteiger partial charge in [0.2, 0.25) is 0 Å². The van der Waals surface area contributed by atoms with Crippen LogP contribution in [0.3, 0.4) is 0 Å². The minimum Gasteiger partial charge on any atom is -0.493 e. The Hall–Kier alpha value is -3.01. The van der Waals surface area contributed by atoms with Gasteiger partial charge < -0.3 is 25.2 Å². The summed E-state index contributed by atoms with van der Waals surface area (Å²) in [5.41, 5.74) is 0.290. The fourth-order valence-electron chi connectivity index (χ4n) is 4.57. The summed E-state index contributed by atoms with van der Waals surface area (Å²) < 4.78 is 10.6. The van der Waals surface area contributed by atoms with Crippen molar-refractivity contribution in [3.8, 4) is 23.3 Å². The summed E-state index contributed by atoms with van der Waals surface area (Å²) in [5, 5.41) is 17.7. The Labute approximate surface area is 203 Å². The van der Waals surface area contributed by atoms with Crippen molar-refractivity contribution in [2.45, 2.75) is 44.1 Å². The Morgan fingerprint density at radius 2 is 1.71 bits per heavy atom. The molecule has 6 heteroatoms. The summed E-state index contributed by atoms with van der Waals surface area (Å²) in [6.45, 7) is 1.50. The van der Waals surface area contributed by atoms with E-state index in [1.165, 1.54) is 0 Å². The van der Waals surface area contributed by atoms with Crippen LogP contribution in [0.1, 0.15) is 43.2 Å². The second-order valence-corrected chi connectivity index (χ2v) is 8.62. The highest BCUT2D eigenvalue weighted by atomic mass is 16.5. The molecule has 0 radical (unpaired) electrons. The first-order valence-corrected chi connectivity index (χ1v) is 12.0. The van der Waals surface area contributed by atoms with Gasteiger partial charge in [0.05, 0.1) is 27.3 Å². The van der Waals surface area contributed by atoms with Gasteiger partial charge in [-0.25, -0.2) is 0 Å². The zero-order valence-electron chi connectivity index (χ0n) is 20.2. The average molecular weight is 465 g/mol. The van der Waals surface area contributed by atoms with E-state index in [1.807, 2.05) is 48.5 Å². The standard InChI is InChI=1S/C28H36N2O4/c1-33-25-16-15-22(21-26(25)34-2)17-20-29-18-9-10-19-30-27(31)28(32,23-11-5-3-6-12-23)24-13-7-4-8-14-24/h3,5-6,11-12,15-16,21,24,29,32H,4,7-8,13-14,17-20H2,1-2H3,(H,30,31). The number of aliphatic hydroxyl groups is 1. The van der Waals surface area contributed by atoms with Crippen molar-refractivity contribution in [3.05, 3.63) is 59.7 Å². The smallest absolute Gasteiger partial charge is 0.257 e. The Balaban J connectivity index is 1.46. The summed E-state index contributed by atoms with van der Waals surface area (Å²) in [5.74, 6) is 7.02. The third kappa shape index (κ3) is 6.53. The maximum Gasteiger partial charge on any atom is 0.257 e. The lowest BCUT2D eigenvalue weighted by Gasteiger charge is -2.37.